The molecule has 1 aliphatic heterocycles. The number of pyridine rings is 1. The molecule has 2 aromatic heterocycles. The fourth-order valence-corrected chi connectivity index (χ4v) is 4.62. The molecular weight excluding hydrogens is 354 g/mol. The van der Waals surface area contributed by atoms with Gasteiger partial charge in [-0.05, 0) is 51.5 Å². The van der Waals surface area contributed by atoms with E-state index >= 15 is 0 Å². The predicted molar refractivity (Wildman–Crippen MR) is 106 cm³/mol. The SMILES string of the molecule is Cc1nccn1[C@H]1C[C@H]2CN(C(=O)NC(C)C)C[C@H]2C[C@@H]1Oc1ccccn1. The van der Waals surface area contributed by atoms with E-state index in [2.05, 4.69) is 19.9 Å². The summed E-state index contributed by atoms with van der Waals surface area (Å²) in [4.78, 5) is 23.2. The molecule has 2 aliphatic rings. The second-order valence-corrected chi connectivity index (χ2v) is 8.27. The smallest absolute Gasteiger partial charge is 0.317 e. The molecule has 1 saturated heterocycles. The molecule has 0 spiro atoms. The van der Waals surface area contributed by atoms with Gasteiger partial charge in [0, 0.05) is 43.8 Å². The average molecular weight is 383 g/mol. The molecule has 4 rings (SSSR count). The molecule has 0 radical (unpaired) electrons. The van der Waals surface area contributed by atoms with Crippen molar-refractivity contribution < 1.29 is 9.53 Å². The molecule has 0 aromatic carbocycles. The highest BCUT2D eigenvalue weighted by atomic mass is 16.5. The molecule has 2 amide bonds. The molecule has 28 heavy (non-hydrogen) atoms. The third-order valence-corrected chi connectivity index (χ3v) is 5.91. The maximum Gasteiger partial charge on any atom is 0.317 e. The lowest BCUT2D eigenvalue weighted by Crippen LogP contribution is -2.41. The van der Waals surface area contributed by atoms with Gasteiger partial charge in [-0.3, -0.25) is 0 Å². The van der Waals surface area contributed by atoms with Gasteiger partial charge in [-0.15, -0.1) is 0 Å². The molecule has 1 aliphatic carbocycles. The van der Waals surface area contributed by atoms with Crippen molar-refractivity contribution in [3.05, 3.63) is 42.6 Å². The number of aromatic nitrogens is 3. The van der Waals surface area contributed by atoms with Crippen LogP contribution >= 0.6 is 0 Å². The monoisotopic (exact) mass is 383 g/mol. The third-order valence-electron chi connectivity index (χ3n) is 5.91. The fourth-order valence-electron chi connectivity index (χ4n) is 4.62. The maximum absolute atomic E-state index is 12.5. The van der Waals surface area contributed by atoms with Crippen molar-refractivity contribution in [2.24, 2.45) is 11.8 Å². The van der Waals surface area contributed by atoms with Crippen molar-refractivity contribution in [1.29, 1.82) is 0 Å². The lowest BCUT2D eigenvalue weighted by atomic mass is 9.77. The van der Waals surface area contributed by atoms with Crippen molar-refractivity contribution in [2.75, 3.05) is 13.1 Å². The van der Waals surface area contributed by atoms with Gasteiger partial charge in [0.05, 0.1) is 6.04 Å². The van der Waals surface area contributed by atoms with Crippen molar-refractivity contribution in [3.8, 4) is 5.88 Å². The minimum absolute atomic E-state index is 0.0113. The van der Waals surface area contributed by atoms with Crippen LogP contribution in [-0.4, -0.2) is 50.7 Å². The zero-order valence-corrected chi connectivity index (χ0v) is 16.8. The second kappa shape index (κ2) is 7.81. The summed E-state index contributed by atoms with van der Waals surface area (Å²) in [6.45, 7) is 7.62. The number of likely N-dealkylation sites (tertiary alicyclic amines) is 1. The number of ether oxygens (including phenoxy) is 1. The van der Waals surface area contributed by atoms with Crippen molar-refractivity contribution in [3.63, 3.8) is 0 Å². The second-order valence-electron chi connectivity index (χ2n) is 8.27. The van der Waals surface area contributed by atoms with Gasteiger partial charge in [0.2, 0.25) is 5.88 Å². The number of imidazole rings is 1. The zero-order chi connectivity index (χ0) is 19.7. The van der Waals surface area contributed by atoms with E-state index in [1.54, 1.807) is 6.20 Å². The molecule has 0 unspecified atom stereocenters. The number of aryl methyl sites for hydroxylation is 1. The Hall–Kier alpha value is -2.57. The van der Waals surface area contributed by atoms with Crippen LogP contribution in [0.4, 0.5) is 4.79 Å². The number of rotatable bonds is 4. The summed E-state index contributed by atoms with van der Waals surface area (Å²) < 4.78 is 8.56. The number of nitrogens with one attached hydrogen (secondary N) is 1. The van der Waals surface area contributed by atoms with E-state index in [0.29, 0.717) is 17.7 Å². The van der Waals surface area contributed by atoms with E-state index in [1.165, 1.54) is 0 Å². The number of fused-ring (bicyclic) bond motifs is 1. The largest absolute Gasteiger partial charge is 0.472 e. The Labute approximate surface area is 166 Å². The number of hydrogen-bond donors (Lipinski definition) is 1. The minimum Gasteiger partial charge on any atom is -0.472 e. The molecule has 4 atom stereocenters. The lowest BCUT2D eigenvalue weighted by Gasteiger charge is -2.38. The summed E-state index contributed by atoms with van der Waals surface area (Å²) in [5.41, 5.74) is 0. The molecule has 1 saturated carbocycles. The van der Waals surface area contributed by atoms with Crippen LogP contribution in [0.3, 0.4) is 0 Å². The molecule has 0 bridgehead atoms. The first-order valence-electron chi connectivity index (χ1n) is 10.1. The van der Waals surface area contributed by atoms with Gasteiger partial charge in [0.1, 0.15) is 11.9 Å². The summed E-state index contributed by atoms with van der Waals surface area (Å²) in [6.07, 6.45) is 7.53. The van der Waals surface area contributed by atoms with Gasteiger partial charge < -0.3 is 19.5 Å². The number of nitrogens with zero attached hydrogens (tertiary/aromatic N) is 4. The highest BCUT2D eigenvalue weighted by molar-refractivity contribution is 5.74. The third kappa shape index (κ3) is 3.84. The molecule has 3 heterocycles. The fraction of sp³-hybridized carbons (Fsp3) is 0.571. The number of carbonyl (C=O) groups excluding carboxylic acids is 1. The Morgan fingerprint density at radius 2 is 1.96 bits per heavy atom. The number of carbonyl (C=O) groups is 1. The average Bonchev–Trinajstić information content (AvgIpc) is 3.27. The van der Waals surface area contributed by atoms with E-state index in [9.17, 15) is 4.79 Å². The van der Waals surface area contributed by atoms with Crippen LogP contribution in [0.1, 0.15) is 38.6 Å². The van der Waals surface area contributed by atoms with Crippen LogP contribution in [-0.2, 0) is 0 Å². The van der Waals surface area contributed by atoms with Crippen LogP contribution in [0.5, 0.6) is 5.88 Å². The van der Waals surface area contributed by atoms with Crippen LogP contribution in [0.15, 0.2) is 36.8 Å². The first kappa shape index (κ1) is 18.8. The normalized spacial score (nSPS) is 26.9. The van der Waals surface area contributed by atoms with Gasteiger partial charge in [0.15, 0.2) is 0 Å². The quantitative estimate of drug-likeness (QED) is 0.881. The Morgan fingerprint density at radius 1 is 1.18 bits per heavy atom. The Balaban J connectivity index is 1.54. The van der Waals surface area contributed by atoms with Crippen LogP contribution in [0.25, 0.3) is 0 Å². The summed E-state index contributed by atoms with van der Waals surface area (Å²) >= 11 is 0. The van der Waals surface area contributed by atoms with E-state index < -0.39 is 0 Å². The minimum atomic E-state index is 0.0113. The van der Waals surface area contributed by atoms with Crippen LogP contribution in [0, 0.1) is 18.8 Å². The van der Waals surface area contributed by atoms with Gasteiger partial charge >= 0.3 is 6.03 Å². The highest BCUT2D eigenvalue weighted by Gasteiger charge is 2.45. The molecule has 7 heteroatoms. The molecule has 2 fully saturated rings. The van der Waals surface area contributed by atoms with E-state index in [0.717, 1.165) is 31.8 Å². The number of amides is 2. The van der Waals surface area contributed by atoms with Crippen LogP contribution < -0.4 is 10.1 Å². The first-order valence-corrected chi connectivity index (χ1v) is 10.1. The van der Waals surface area contributed by atoms with Gasteiger partial charge in [-0.1, -0.05) is 6.07 Å². The zero-order valence-electron chi connectivity index (χ0n) is 16.8. The molecule has 1 N–H and O–H groups in total. The van der Waals surface area contributed by atoms with E-state index in [4.69, 9.17) is 4.74 Å². The number of urea groups is 1. The molecular formula is C21H29N5O2. The highest BCUT2D eigenvalue weighted by Crippen LogP contribution is 2.43. The summed E-state index contributed by atoms with van der Waals surface area (Å²) in [7, 11) is 0. The predicted octanol–water partition coefficient (Wildman–Crippen LogP) is 3.04. The van der Waals surface area contributed by atoms with Gasteiger partial charge in [0.25, 0.3) is 0 Å². The first-order chi connectivity index (χ1) is 13.5. The summed E-state index contributed by atoms with van der Waals surface area (Å²) in [5, 5.41) is 3.02. The van der Waals surface area contributed by atoms with E-state index in [-0.39, 0.29) is 24.2 Å². The Morgan fingerprint density at radius 3 is 2.61 bits per heavy atom. The summed E-state index contributed by atoms with van der Waals surface area (Å²) in [5.74, 6) is 2.58. The Kier molecular flexibility index (Phi) is 5.24. The topological polar surface area (TPSA) is 72.3 Å². The van der Waals surface area contributed by atoms with Crippen molar-refractivity contribution in [1.82, 2.24) is 24.8 Å². The molecule has 2 aromatic rings. The maximum atomic E-state index is 12.5. The van der Waals surface area contributed by atoms with Crippen molar-refractivity contribution in [2.45, 2.75) is 51.8 Å². The van der Waals surface area contributed by atoms with E-state index in [1.807, 2.05) is 56.3 Å². The van der Waals surface area contributed by atoms with Gasteiger partial charge in [-0.25, -0.2) is 14.8 Å². The van der Waals surface area contributed by atoms with Crippen LogP contribution in [0.2, 0.25) is 0 Å². The number of hydrogen-bond acceptors (Lipinski definition) is 4. The molecule has 7 nitrogen and oxygen atoms in total. The molecule has 150 valence electrons. The Bertz CT molecular complexity index is 806. The lowest BCUT2D eigenvalue weighted by molar-refractivity contribution is 0.0504. The van der Waals surface area contributed by atoms with Gasteiger partial charge in [-0.2, -0.15) is 0 Å². The summed E-state index contributed by atoms with van der Waals surface area (Å²) in [6, 6.07) is 6.13. The standard InChI is InChI=1S/C21H29N5O2/c1-14(2)24-21(27)25-12-16-10-18(26-9-8-22-15(26)3)19(11-17(16)13-25)28-20-6-4-5-7-23-20/h4-9,14,16-19H,10-13H2,1-3H3,(H,24,27)/t16-,17+,18-,19-/m0/s1. The van der Waals surface area contributed by atoms with Crippen molar-refractivity contribution >= 4 is 6.03 Å².